The summed E-state index contributed by atoms with van der Waals surface area (Å²) in [5.41, 5.74) is 3.03. The van der Waals surface area contributed by atoms with Crippen LogP contribution >= 0.6 is 0 Å². The standard InChI is InChI=1S/C23H31N5O2/c1-24-22(29)19-6-4-5-18(17-19)11-12-26-23(25-2)28-15-13-27(14-16-28)20-7-9-21(30-3)10-8-20/h4-10,17H,11-16H2,1-3H3,(H,24,29)(H,25,26). The van der Waals surface area contributed by atoms with E-state index in [4.69, 9.17) is 4.74 Å². The molecular weight excluding hydrogens is 378 g/mol. The van der Waals surface area contributed by atoms with E-state index in [0.29, 0.717) is 5.56 Å². The van der Waals surface area contributed by atoms with Crippen LogP contribution in [0.1, 0.15) is 15.9 Å². The lowest BCUT2D eigenvalue weighted by Crippen LogP contribution is -2.52. The minimum Gasteiger partial charge on any atom is -0.497 e. The van der Waals surface area contributed by atoms with Crippen molar-refractivity contribution in [3.05, 3.63) is 59.7 Å². The number of hydrogen-bond acceptors (Lipinski definition) is 4. The van der Waals surface area contributed by atoms with Gasteiger partial charge < -0.3 is 25.2 Å². The van der Waals surface area contributed by atoms with Crippen LogP contribution in [0.25, 0.3) is 0 Å². The third-order valence-corrected chi connectivity index (χ3v) is 5.34. The number of methoxy groups -OCH3 is 1. The zero-order chi connectivity index (χ0) is 21.3. The first-order chi connectivity index (χ1) is 14.6. The van der Waals surface area contributed by atoms with Gasteiger partial charge in [0.15, 0.2) is 5.96 Å². The summed E-state index contributed by atoms with van der Waals surface area (Å²) in [5.74, 6) is 1.74. The van der Waals surface area contributed by atoms with E-state index in [1.165, 1.54) is 5.69 Å². The minimum atomic E-state index is -0.0599. The molecule has 0 aliphatic carbocycles. The van der Waals surface area contributed by atoms with Crippen LogP contribution in [0.3, 0.4) is 0 Å². The number of nitrogens with one attached hydrogen (secondary N) is 2. The maximum Gasteiger partial charge on any atom is 0.251 e. The molecule has 7 nitrogen and oxygen atoms in total. The largest absolute Gasteiger partial charge is 0.497 e. The zero-order valence-corrected chi connectivity index (χ0v) is 18.0. The summed E-state index contributed by atoms with van der Waals surface area (Å²) in [5, 5.41) is 6.13. The van der Waals surface area contributed by atoms with Gasteiger partial charge in [-0.2, -0.15) is 0 Å². The quantitative estimate of drug-likeness (QED) is 0.564. The van der Waals surface area contributed by atoms with Crippen LogP contribution in [0.2, 0.25) is 0 Å². The first kappa shape index (κ1) is 21.5. The molecule has 30 heavy (non-hydrogen) atoms. The lowest BCUT2D eigenvalue weighted by molar-refractivity contribution is 0.0963. The number of aliphatic imine (C=N–C) groups is 1. The van der Waals surface area contributed by atoms with E-state index in [1.807, 2.05) is 43.4 Å². The first-order valence-electron chi connectivity index (χ1n) is 10.3. The van der Waals surface area contributed by atoms with E-state index in [1.54, 1.807) is 14.2 Å². The Hall–Kier alpha value is -3.22. The Labute approximate surface area is 178 Å². The number of carbonyl (C=O) groups is 1. The maximum absolute atomic E-state index is 11.8. The van der Waals surface area contributed by atoms with Crippen molar-refractivity contribution >= 4 is 17.6 Å². The molecule has 0 radical (unpaired) electrons. The Morgan fingerprint density at radius 3 is 2.47 bits per heavy atom. The van der Waals surface area contributed by atoms with Crippen molar-refractivity contribution in [3.63, 3.8) is 0 Å². The van der Waals surface area contributed by atoms with Gasteiger partial charge in [0, 0.05) is 58.1 Å². The minimum absolute atomic E-state index is 0.0599. The molecule has 2 aromatic carbocycles. The summed E-state index contributed by atoms with van der Waals surface area (Å²) in [6.07, 6.45) is 0.829. The summed E-state index contributed by atoms with van der Waals surface area (Å²) >= 11 is 0. The molecule has 160 valence electrons. The van der Waals surface area contributed by atoms with Crippen molar-refractivity contribution in [1.82, 2.24) is 15.5 Å². The zero-order valence-electron chi connectivity index (χ0n) is 18.0. The molecule has 3 rings (SSSR count). The van der Waals surface area contributed by atoms with Crippen LogP contribution in [0, 0.1) is 0 Å². The van der Waals surface area contributed by atoms with E-state index in [2.05, 4.69) is 37.6 Å². The number of nitrogens with zero attached hydrogens (tertiary/aromatic N) is 3. The molecule has 1 amide bonds. The molecule has 0 atom stereocenters. The third kappa shape index (κ3) is 5.43. The Balaban J connectivity index is 1.48. The molecule has 1 fully saturated rings. The van der Waals surface area contributed by atoms with Gasteiger partial charge in [-0.3, -0.25) is 9.79 Å². The van der Waals surface area contributed by atoms with E-state index in [0.717, 1.165) is 56.4 Å². The SMILES string of the molecule is CN=C(NCCc1cccc(C(=O)NC)c1)N1CCN(c2ccc(OC)cc2)CC1. The topological polar surface area (TPSA) is 69.2 Å². The monoisotopic (exact) mass is 409 g/mol. The van der Waals surface area contributed by atoms with Gasteiger partial charge in [-0.25, -0.2) is 0 Å². The Morgan fingerprint density at radius 1 is 1.10 bits per heavy atom. The fourth-order valence-corrected chi connectivity index (χ4v) is 3.63. The highest BCUT2D eigenvalue weighted by atomic mass is 16.5. The van der Waals surface area contributed by atoms with Gasteiger partial charge in [0.1, 0.15) is 5.75 Å². The average molecular weight is 410 g/mol. The van der Waals surface area contributed by atoms with Crippen LogP contribution in [-0.2, 0) is 6.42 Å². The van der Waals surface area contributed by atoms with Crippen molar-refractivity contribution in [3.8, 4) is 5.75 Å². The van der Waals surface area contributed by atoms with Gasteiger partial charge in [-0.15, -0.1) is 0 Å². The van der Waals surface area contributed by atoms with E-state index >= 15 is 0 Å². The Bertz CT molecular complexity index is 858. The van der Waals surface area contributed by atoms with Gasteiger partial charge in [0.25, 0.3) is 5.91 Å². The van der Waals surface area contributed by atoms with Crippen LogP contribution in [-0.4, -0.2) is 70.7 Å². The number of hydrogen-bond donors (Lipinski definition) is 2. The summed E-state index contributed by atoms with van der Waals surface area (Å²) in [4.78, 5) is 20.9. The Morgan fingerprint density at radius 2 is 1.83 bits per heavy atom. The summed E-state index contributed by atoms with van der Waals surface area (Å²) in [6, 6.07) is 16.0. The van der Waals surface area contributed by atoms with Gasteiger partial charge in [-0.05, 0) is 48.4 Å². The smallest absolute Gasteiger partial charge is 0.251 e. The highest BCUT2D eigenvalue weighted by molar-refractivity contribution is 5.94. The van der Waals surface area contributed by atoms with Crippen LogP contribution < -0.4 is 20.3 Å². The normalized spacial score (nSPS) is 14.4. The maximum atomic E-state index is 11.8. The molecule has 1 saturated heterocycles. The third-order valence-electron chi connectivity index (χ3n) is 5.34. The fourth-order valence-electron chi connectivity index (χ4n) is 3.63. The summed E-state index contributed by atoms with van der Waals surface area (Å²) < 4.78 is 5.24. The first-order valence-corrected chi connectivity index (χ1v) is 10.3. The number of piperazine rings is 1. The number of amides is 1. The predicted octanol–water partition coefficient (Wildman–Crippen LogP) is 1.99. The van der Waals surface area contributed by atoms with Crippen LogP contribution in [0.5, 0.6) is 5.75 Å². The highest BCUT2D eigenvalue weighted by Crippen LogP contribution is 2.20. The lowest BCUT2D eigenvalue weighted by Gasteiger charge is -2.37. The van der Waals surface area contributed by atoms with Gasteiger partial charge >= 0.3 is 0 Å². The molecule has 0 aromatic heterocycles. The number of guanidine groups is 1. The summed E-state index contributed by atoms with van der Waals surface area (Å²) in [7, 11) is 5.16. The second-order valence-electron chi connectivity index (χ2n) is 7.18. The van der Waals surface area contributed by atoms with Gasteiger partial charge in [0.05, 0.1) is 7.11 Å². The molecule has 0 bridgehead atoms. The van der Waals surface area contributed by atoms with Crippen LogP contribution in [0.15, 0.2) is 53.5 Å². The lowest BCUT2D eigenvalue weighted by atomic mass is 10.1. The molecule has 2 aromatic rings. The number of ether oxygens (including phenoxy) is 1. The van der Waals surface area contributed by atoms with Gasteiger partial charge in [0.2, 0.25) is 0 Å². The van der Waals surface area contributed by atoms with Gasteiger partial charge in [-0.1, -0.05) is 12.1 Å². The van der Waals surface area contributed by atoms with Crippen molar-refractivity contribution in [1.29, 1.82) is 0 Å². The van der Waals surface area contributed by atoms with E-state index < -0.39 is 0 Å². The molecule has 1 heterocycles. The molecule has 1 aliphatic rings. The van der Waals surface area contributed by atoms with Crippen LogP contribution in [0.4, 0.5) is 5.69 Å². The van der Waals surface area contributed by atoms with E-state index in [-0.39, 0.29) is 5.91 Å². The number of rotatable bonds is 6. The Kier molecular flexibility index (Phi) is 7.54. The van der Waals surface area contributed by atoms with Crippen molar-refractivity contribution in [2.24, 2.45) is 4.99 Å². The highest BCUT2D eigenvalue weighted by Gasteiger charge is 2.19. The second kappa shape index (κ2) is 10.5. The molecule has 1 aliphatic heterocycles. The second-order valence-corrected chi connectivity index (χ2v) is 7.18. The molecule has 2 N–H and O–H groups in total. The predicted molar refractivity (Wildman–Crippen MR) is 122 cm³/mol. The molecule has 7 heteroatoms. The summed E-state index contributed by atoms with van der Waals surface area (Å²) in [6.45, 7) is 4.49. The van der Waals surface area contributed by atoms with Crippen molar-refractivity contribution < 1.29 is 9.53 Å². The van der Waals surface area contributed by atoms with Crippen molar-refractivity contribution in [2.75, 3.05) is 58.8 Å². The molecule has 0 saturated carbocycles. The van der Waals surface area contributed by atoms with Crippen molar-refractivity contribution in [2.45, 2.75) is 6.42 Å². The number of benzene rings is 2. The molecule has 0 unspecified atom stereocenters. The fraction of sp³-hybridized carbons (Fsp3) is 0.391. The average Bonchev–Trinajstić information content (AvgIpc) is 2.82. The van der Waals surface area contributed by atoms with E-state index in [9.17, 15) is 4.79 Å². The number of anilines is 1. The molecular formula is C23H31N5O2. The number of carbonyl (C=O) groups excluding carboxylic acids is 1. The molecule has 0 spiro atoms.